The highest BCUT2D eigenvalue weighted by Crippen LogP contribution is 2.46. The minimum Gasteiger partial charge on any atom is -0.366 e. The fourth-order valence-corrected chi connectivity index (χ4v) is 2.61. The molecule has 2 saturated carbocycles. The lowest BCUT2D eigenvalue weighted by Gasteiger charge is -2.19. The molecule has 0 aromatic carbocycles. The van der Waals surface area contributed by atoms with E-state index in [9.17, 15) is 13.2 Å². The summed E-state index contributed by atoms with van der Waals surface area (Å²) in [5.41, 5.74) is -0.808. The Morgan fingerprint density at radius 1 is 1.21 bits per heavy atom. The van der Waals surface area contributed by atoms with Crippen molar-refractivity contribution in [2.45, 2.75) is 37.9 Å². The molecule has 0 saturated heterocycles. The summed E-state index contributed by atoms with van der Waals surface area (Å²) in [6, 6.07) is 1.26. The molecule has 1 N–H and O–H groups in total. The lowest BCUT2D eigenvalue weighted by molar-refractivity contribution is -0.137. The van der Waals surface area contributed by atoms with Crippen molar-refractivity contribution in [1.29, 1.82) is 0 Å². The molecule has 2 fully saturated rings. The Morgan fingerprint density at radius 2 is 1.79 bits per heavy atom. The predicted octanol–water partition coefficient (Wildman–Crippen LogP) is 4.35. The van der Waals surface area contributed by atoms with Gasteiger partial charge in [-0.15, -0.1) is 0 Å². The van der Waals surface area contributed by atoms with Gasteiger partial charge in [0.05, 0.1) is 10.6 Å². The summed E-state index contributed by atoms with van der Waals surface area (Å²) in [6.07, 6.45) is 1.18. The molecule has 104 valence electrons. The number of anilines is 1. The van der Waals surface area contributed by atoms with Gasteiger partial charge in [0.1, 0.15) is 5.82 Å². The molecule has 0 atom stereocenters. The van der Waals surface area contributed by atoms with E-state index in [4.69, 9.17) is 11.6 Å². The van der Waals surface area contributed by atoms with Crippen molar-refractivity contribution in [3.8, 4) is 0 Å². The maximum absolute atomic E-state index is 12.5. The zero-order chi connectivity index (χ0) is 13.6. The van der Waals surface area contributed by atoms with Crippen LogP contribution in [0.2, 0.25) is 5.02 Å². The smallest absolute Gasteiger partial charge is 0.366 e. The Bertz CT molecular complexity index is 469. The Hall–Kier alpha value is -0.970. The van der Waals surface area contributed by atoms with Crippen molar-refractivity contribution < 1.29 is 13.2 Å². The molecular weight excluding hydrogens is 277 g/mol. The summed E-state index contributed by atoms with van der Waals surface area (Å²) in [5.74, 6) is 1.64. The van der Waals surface area contributed by atoms with Crippen LogP contribution in [0.4, 0.5) is 19.0 Å². The maximum Gasteiger partial charge on any atom is 0.417 e. The molecule has 2 aliphatic carbocycles. The zero-order valence-electron chi connectivity index (χ0n) is 10.2. The summed E-state index contributed by atoms with van der Waals surface area (Å²) >= 11 is 5.90. The van der Waals surface area contributed by atoms with Gasteiger partial charge < -0.3 is 5.32 Å². The molecule has 0 amide bonds. The summed E-state index contributed by atoms with van der Waals surface area (Å²) in [7, 11) is 0. The average Bonchev–Trinajstić information content (AvgIpc) is 3.19. The molecular formula is C13H14ClF3N2. The normalized spacial score (nSPS) is 19.8. The molecule has 0 spiro atoms. The quantitative estimate of drug-likeness (QED) is 0.891. The number of nitrogens with one attached hydrogen (secondary N) is 1. The largest absolute Gasteiger partial charge is 0.417 e. The fourth-order valence-electron chi connectivity index (χ4n) is 2.39. The Kier molecular flexibility index (Phi) is 3.12. The Morgan fingerprint density at radius 3 is 2.21 bits per heavy atom. The molecule has 6 heteroatoms. The van der Waals surface area contributed by atoms with E-state index in [0.29, 0.717) is 23.7 Å². The number of hydrogen-bond donors (Lipinski definition) is 1. The van der Waals surface area contributed by atoms with Crippen molar-refractivity contribution in [3.05, 3.63) is 22.8 Å². The van der Waals surface area contributed by atoms with Gasteiger partial charge in [-0.3, -0.25) is 0 Å². The lowest BCUT2D eigenvalue weighted by Crippen LogP contribution is -2.25. The third-order valence-corrected chi connectivity index (χ3v) is 4.02. The van der Waals surface area contributed by atoms with Gasteiger partial charge in [-0.25, -0.2) is 4.98 Å². The minimum atomic E-state index is -4.40. The van der Waals surface area contributed by atoms with Crippen LogP contribution in [0.25, 0.3) is 0 Å². The van der Waals surface area contributed by atoms with Crippen LogP contribution in [0.5, 0.6) is 0 Å². The highest BCUT2D eigenvalue weighted by molar-refractivity contribution is 6.33. The first-order chi connectivity index (χ1) is 8.95. The van der Waals surface area contributed by atoms with Gasteiger partial charge >= 0.3 is 6.18 Å². The van der Waals surface area contributed by atoms with Crippen molar-refractivity contribution in [2.75, 3.05) is 5.32 Å². The second-order valence-electron chi connectivity index (χ2n) is 5.40. The summed E-state index contributed by atoms with van der Waals surface area (Å²) in [6.45, 7) is 0. The van der Waals surface area contributed by atoms with Crippen LogP contribution in [0.1, 0.15) is 31.2 Å². The van der Waals surface area contributed by atoms with Gasteiger partial charge in [0.15, 0.2) is 0 Å². The lowest BCUT2D eigenvalue weighted by atomic mass is 10.1. The SMILES string of the molecule is FC(F)(F)c1cnc(NC(C2CC2)C2CC2)c(Cl)c1. The van der Waals surface area contributed by atoms with Crippen LogP contribution < -0.4 is 5.32 Å². The van der Waals surface area contributed by atoms with Gasteiger partial charge in [-0.2, -0.15) is 13.2 Å². The van der Waals surface area contributed by atoms with Crippen LogP contribution in [0.3, 0.4) is 0 Å². The van der Waals surface area contributed by atoms with Gasteiger partial charge in [-0.1, -0.05) is 11.6 Å². The first kappa shape index (κ1) is 13.0. The van der Waals surface area contributed by atoms with Crippen molar-refractivity contribution in [2.24, 2.45) is 11.8 Å². The summed E-state index contributed by atoms with van der Waals surface area (Å²) < 4.78 is 37.6. The van der Waals surface area contributed by atoms with Crippen molar-refractivity contribution in [3.63, 3.8) is 0 Å². The number of halogens is 4. The first-order valence-electron chi connectivity index (χ1n) is 6.44. The van der Waals surface area contributed by atoms with E-state index in [2.05, 4.69) is 10.3 Å². The van der Waals surface area contributed by atoms with Crippen LogP contribution >= 0.6 is 11.6 Å². The topological polar surface area (TPSA) is 24.9 Å². The number of aromatic nitrogens is 1. The molecule has 19 heavy (non-hydrogen) atoms. The molecule has 1 aromatic heterocycles. The molecule has 1 aromatic rings. The molecule has 0 unspecified atom stereocenters. The molecule has 2 nitrogen and oxygen atoms in total. The predicted molar refractivity (Wildman–Crippen MR) is 67.1 cm³/mol. The number of hydrogen-bond acceptors (Lipinski definition) is 2. The maximum atomic E-state index is 12.5. The van der Waals surface area contributed by atoms with Crippen LogP contribution in [0.15, 0.2) is 12.3 Å². The number of pyridine rings is 1. The van der Waals surface area contributed by atoms with E-state index in [1.54, 1.807) is 0 Å². The van der Waals surface area contributed by atoms with E-state index in [0.717, 1.165) is 12.3 Å². The van der Waals surface area contributed by atoms with E-state index >= 15 is 0 Å². The highest BCUT2D eigenvalue weighted by Gasteiger charge is 2.42. The Labute approximate surface area is 114 Å². The van der Waals surface area contributed by atoms with Crippen LogP contribution in [0, 0.1) is 11.8 Å². The van der Waals surface area contributed by atoms with E-state index in [1.165, 1.54) is 25.7 Å². The number of rotatable bonds is 4. The van der Waals surface area contributed by atoms with Crippen LogP contribution in [-0.4, -0.2) is 11.0 Å². The van der Waals surface area contributed by atoms with Gasteiger partial charge in [0.25, 0.3) is 0 Å². The average molecular weight is 291 g/mol. The first-order valence-corrected chi connectivity index (χ1v) is 6.82. The second-order valence-corrected chi connectivity index (χ2v) is 5.80. The van der Waals surface area contributed by atoms with Crippen LogP contribution in [-0.2, 0) is 6.18 Å². The highest BCUT2D eigenvalue weighted by atomic mass is 35.5. The van der Waals surface area contributed by atoms with Crippen molar-refractivity contribution in [1.82, 2.24) is 4.98 Å². The zero-order valence-corrected chi connectivity index (χ0v) is 10.9. The number of nitrogens with zero attached hydrogens (tertiary/aromatic N) is 1. The molecule has 2 aliphatic rings. The van der Waals surface area contributed by atoms with E-state index in [1.807, 2.05) is 0 Å². The third kappa shape index (κ3) is 2.96. The van der Waals surface area contributed by atoms with E-state index in [-0.39, 0.29) is 5.02 Å². The third-order valence-electron chi connectivity index (χ3n) is 3.73. The standard InChI is InChI=1S/C13H14ClF3N2/c14-10-5-9(13(15,16)17)6-18-12(10)19-11(7-1-2-7)8-3-4-8/h5-8,11H,1-4H2,(H,18,19). The minimum absolute atomic E-state index is 0.0427. The molecule has 0 radical (unpaired) electrons. The fraction of sp³-hybridized carbons (Fsp3) is 0.615. The van der Waals surface area contributed by atoms with E-state index < -0.39 is 11.7 Å². The molecule has 1 heterocycles. The van der Waals surface area contributed by atoms with Crippen molar-refractivity contribution >= 4 is 17.4 Å². The van der Waals surface area contributed by atoms with Gasteiger partial charge in [0.2, 0.25) is 0 Å². The molecule has 0 aliphatic heterocycles. The monoisotopic (exact) mass is 290 g/mol. The second kappa shape index (κ2) is 4.54. The number of alkyl halides is 3. The molecule has 0 bridgehead atoms. The van der Waals surface area contributed by atoms with Gasteiger partial charge in [0, 0.05) is 12.2 Å². The Balaban J connectivity index is 1.77. The van der Waals surface area contributed by atoms with Gasteiger partial charge in [-0.05, 0) is 43.6 Å². The summed E-state index contributed by atoms with van der Waals surface area (Å²) in [4.78, 5) is 3.84. The summed E-state index contributed by atoms with van der Waals surface area (Å²) in [5, 5.41) is 3.28. The molecule has 3 rings (SSSR count).